The number of nitrogens with two attached hydrogens (primary N) is 1. The van der Waals surface area contributed by atoms with Crippen molar-refractivity contribution in [1.29, 1.82) is 0 Å². The number of alkyl carbamates (subject to hydrolysis) is 1. The van der Waals surface area contributed by atoms with E-state index < -0.39 is 6.09 Å². The Balaban J connectivity index is 1.61. The number of nitrogen functional groups attached to an aromatic ring is 1. The molecule has 0 atom stereocenters. The minimum atomic E-state index is -0.499. The van der Waals surface area contributed by atoms with Crippen molar-refractivity contribution in [3.05, 3.63) is 58.6 Å². The van der Waals surface area contributed by atoms with Gasteiger partial charge in [0.1, 0.15) is 6.61 Å². The van der Waals surface area contributed by atoms with Crippen molar-refractivity contribution in [2.24, 2.45) is 0 Å². The summed E-state index contributed by atoms with van der Waals surface area (Å²) >= 11 is 3.31. The van der Waals surface area contributed by atoms with Crippen molar-refractivity contribution >= 4 is 39.3 Å². The second-order valence-corrected chi connectivity index (χ2v) is 6.29. The quantitative estimate of drug-likeness (QED) is 0.483. The van der Waals surface area contributed by atoms with Gasteiger partial charge in [0.05, 0.1) is 11.4 Å². The van der Waals surface area contributed by atoms with Gasteiger partial charge in [-0.15, -0.1) is 0 Å². The average molecular weight is 406 g/mol. The lowest BCUT2D eigenvalue weighted by Gasteiger charge is -2.09. The Hall–Kier alpha value is -2.54. The van der Waals surface area contributed by atoms with E-state index in [4.69, 9.17) is 10.5 Å². The van der Waals surface area contributed by atoms with Crippen LogP contribution in [0.5, 0.6) is 0 Å². The Kier molecular flexibility index (Phi) is 7.28. The number of rotatable bonds is 7. The maximum atomic E-state index is 11.9. The molecule has 2 aromatic carbocycles. The van der Waals surface area contributed by atoms with Crippen LogP contribution in [-0.4, -0.2) is 18.5 Å². The fourth-order valence-corrected chi connectivity index (χ4v) is 2.45. The van der Waals surface area contributed by atoms with E-state index in [9.17, 15) is 9.59 Å². The van der Waals surface area contributed by atoms with Gasteiger partial charge in [-0.25, -0.2) is 4.79 Å². The number of halogens is 1. The van der Waals surface area contributed by atoms with Crippen LogP contribution in [0, 0.1) is 0 Å². The lowest BCUT2D eigenvalue weighted by molar-refractivity contribution is -0.116. The summed E-state index contributed by atoms with van der Waals surface area (Å²) in [5.74, 6) is -0.159. The Bertz CT molecular complexity index is 723. The van der Waals surface area contributed by atoms with Crippen LogP contribution in [0.4, 0.5) is 16.2 Å². The number of hydrogen-bond acceptors (Lipinski definition) is 4. The average Bonchev–Trinajstić information content (AvgIpc) is 2.60. The molecule has 0 unspecified atom stereocenters. The number of carbonyl (C=O) groups excluding carboxylic acids is 2. The Labute approximate surface area is 154 Å². The van der Waals surface area contributed by atoms with Gasteiger partial charge in [0.25, 0.3) is 0 Å². The summed E-state index contributed by atoms with van der Waals surface area (Å²) in [6, 6.07) is 14.7. The fraction of sp³-hybridized carbons (Fsp3) is 0.222. The standard InChI is InChI=1S/C18H20BrN3O3/c19-14-8-9-16(15(20)11-14)22-17(23)7-4-10-21-18(24)25-12-13-5-2-1-3-6-13/h1-3,5-6,8-9,11H,4,7,10,12,20H2,(H,21,24)(H,22,23). The van der Waals surface area contributed by atoms with Crippen LogP contribution in [0.2, 0.25) is 0 Å². The van der Waals surface area contributed by atoms with Crippen molar-refractivity contribution in [2.75, 3.05) is 17.6 Å². The summed E-state index contributed by atoms with van der Waals surface area (Å²) in [7, 11) is 0. The zero-order valence-electron chi connectivity index (χ0n) is 13.6. The Morgan fingerprint density at radius 3 is 2.60 bits per heavy atom. The first-order chi connectivity index (χ1) is 12.0. The van der Waals surface area contributed by atoms with Crippen LogP contribution in [-0.2, 0) is 16.1 Å². The lowest BCUT2D eigenvalue weighted by atomic mass is 10.2. The summed E-state index contributed by atoms with van der Waals surface area (Å²) in [4.78, 5) is 23.5. The molecule has 0 radical (unpaired) electrons. The first-order valence-corrected chi connectivity index (χ1v) is 8.63. The van der Waals surface area contributed by atoms with E-state index in [1.165, 1.54) is 0 Å². The highest BCUT2D eigenvalue weighted by Gasteiger charge is 2.07. The van der Waals surface area contributed by atoms with Gasteiger partial charge in [-0.1, -0.05) is 46.3 Å². The number of anilines is 2. The molecule has 2 amide bonds. The van der Waals surface area contributed by atoms with Gasteiger partial charge in [0, 0.05) is 17.4 Å². The van der Waals surface area contributed by atoms with Crippen LogP contribution in [0.25, 0.3) is 0 Å². The predicted molar refractivity (Wildman–Crippen MR) is 101 cm³/mol. The second-order valence-electron chi connectivity index (χ2n) is 5.37. The summed E-state index contributed by atoms with van der Waals surface area (Å²) in [5, 5.41) is 5.36. The van der Waals surface area contributed by atoms with Gasteiger partial charge in [0.2, 0.25) is 5.91 Å². The number of amides is 2. The third kappa shape index (κ3) is 6.84. The van der Waals surface area contributed by atoms with E-state index >= 15 is 0 Å². The van der Waals surface area contributed by atoms with Crippen LogP contribution in [0.3, 0.4) is 0 Å². The van der Waals surface area contributed by atoms with Crippen LogP contribution >= 0.6 is 15.9 Å². The highest BCUT2D eigenvalue weighted by molar-refractivity contribution is 9.10. The molecule has 0 aromatic heterocycles. The molecule has 2 rings (SSSR count). The maximum absolute atomic E-state index is 11.9. The van der Waals surface area contributed by atoms with Crippen molar-refractivity contribution in [3.63, 3.8) is 0 Å². The molecule has 2 aromatic rings. The molecule has 0 aliphatic rings. The van der Waals surface area contributed by atoms with Gasteiger partial charge >= 0.3 is 6.09 Å². The molecule has 0 bridgehead atoms. The summed E-state index contributed by atoms with van der Waals surface area (Å²) in [6.45, 7) is 0.576. The first-order valence-electron chi connectivity index (χ1n) is 7.84. The summed E-state index contributed by atoms with van der Waals surface area (Å²) < 4.78 is 5.93. The van der Waals surface area contributed by atoms with Crippen LogP contribution in [0.15, 0.2) is 53.0 Å². The molecular weight excluding hydrogens is 386 g/mol. The third-order valence-corrected chi connectivity index (χ3v) is 3.84. The molecule has 0 heterocycles. The van der Waals surface area contributed by atoms with Crippen molar-refractivity contribution in [1.82, 2.24) is 5.32 Å². The molecular formula is C18H20BrN3O3. The SMILES string of the molecule is Nc1cc(Br)ccc1NC(=O)CCCNC(=O)OCc1ccccc1. The minimum absolute atomic E-state index is 0.159. The van der Waals surface area contributed by atoms with Crippen molar-refractivity contribution in [3.8, 4) is 0 Å². The summed E-state index contributed by atoms with van der Waals surface area (Å²) in [5.41, 5.74) is 7.81. The second kappa shape index (κ2) is 9.68. The number of nitrogens with one attached hydrogen (secondary N) is 2. The molecule has 0 saturated heterocycles. The normalized spacial score (nSPS) is 10.1. The molecule has 0 aliphatic heterocycles. The number of ether oxygens (including phenoxy) is 1. The molecule has 7 heteroatoms. The van der Waals surface area contributed by atoms with E-state index in [0.29, 0.717) is 24.3 Å². The molecule has 0 aliphatic carbocycles. The number of carbonyl (C=O) groups is 2. The molecule has 6 nitrogen and oxygen atoms in total. The predicted octanol–water partition coefficient (Wildman–Crippen LogP) is 3.68. The maximum Gasteiger partial charge on any atom is 0.407 e. The number of hydrogen-bond donors (Lipinski definition) is 3. The van der Waals surface area contributed by atoms with Crippen LogP contribution in [0.1, 0.15) is 18.4 Å². The van der Waals surface area contributed by atoms with Gasteiger partial charge in [-0.2, -0.15) is 0 Å². The van der Waals surface area contributed by atoms with Gasteiger partial charge < -0.3 is 21.1 Å². The summed E-state index contributed by atoms with van der Waals surface area (Å²) in [6.07, 6.45) is 0.276. The van der Waals surface area contributed by atoms with Gasteiger partial charge in [-0.05, 0) is 30.2 Å². The third-order valence-electron chi connectivity index (χ3n) is 3.35. The minimum Gasteiger partial charge on any atom is -0.445 e. The molecule has 4 N–H and O–H groups in total. The highest BCUT2D eigenvalue weighted by Crippen LogP contribution is 2.23. The molecule has 132 valence electrons. The number of benzene rings is 2. The molecule has 0 saturated carbocycles. The van der Waals surface area contributed by atoms with E-state index in [2.05, 4.69) is 26.6 Å². The van der Waals surface area contributed by atoms with E-state index in [0.717, 1.165) is 10.0 Å². The lowest BCUT2D eigenvalue weighted by Crippen LogP contribution is -2.26. The molecule has 0 fully saturated rings. The van der Waals surface area contributed by atoms with Crippen LogP contribution < -0.4 is 16.4 Å². The Morgan fingerprint density at radius 1 is 1.12 bits per heavy atom. The topological polar surface area (TPSA) is 93.5 Å². The zero-order chi connectivity index (χ0) is 18.1. The Morgan fingerprint density at radius 2 is 1.88 bits per heavy atom. The van der Waals surface area contributed by atoms with E-state index in [1.807, 2.05) is 30.3 Å². The van der Waals surface area contributed by atoms with Crippen molar-refractivity contribution in [2.45, 2.75) is 19.4 Å². The monoisotopic (exact) mass is 405 g/mol. The highest BCUT2D eigenvalue weighted by atomic mass is 79.9. The van der Waals surface area contributed by atoms with E-state index in [-0.39, 0.29) is 18.9 Å². The fourth-order valence-electron chi connectivity index (χ4n) is 2.07. The smallest absolute Gasteiger partial charge is 0.407 e. The van der Waals surface area contributed by atoms with Gasteiger partial charge in [-0.3, -0.25) is 4.79 Å². The first kappa shape index (κ1) is 18.8. The largest absolute Gasteiger partial charge is 0.445 e. The molecule has 25 heavy (non-hydrogen) atoms. The zero-order valence-corrected chi connectivity index (χ0v) is 15.2. The van der Waals surface area contributed by atoms with Crippen molar-refractivity contribution < 1.29 is 14.3 Å². The van der Waals surface area contributed by atoms with E-state index in [1.54, 1.807) is 18.2 Å². The molecule has 0 spiro atoms. The van der Waals surface area contributed by atoms with Gasteiger partial charge in [0.15, 0.2) is 0 Å².